The lowest BCUT2D eigenvalue weighted by Gasteiger charge is -2.17. The van der Waals surface area contributed by atoms with Gasteiger partial charge in [0.2, 0.25) is 5.91 Å². The van der Waals surface area contributed by atoms with Crippen LogP contribution in [0.25, 0.3) is 0 Å². The Bertz CT molecular complexity index is 487. The van der Waals surface area contributed by atoms with Crippen molar-refractivity contribution >= 4 is 17.6 Å². The molecule has 0 aliphatic heterocycles. The van der Waals surface area contributed by atoms with Gasteiger partial charge >= 0.3 is 5.97 Å². The number of benzene rings is 1. The van der Waals surface area contributed by atoms with Crippen LogP contribution in [0.4, 0.5) is 5.69 Å². The first-order chi connectivity index (χ1) is 8.69. The maximum atomic E-state index is 11.8. The molecule has 0 saturated heterocycles. The van der Waals surface area contributed by atoms with E-state index in [-0.39, 0.29) is 16.9 Å². The van der Waals surface area contributed by atoms with Crippen LogP contribution in [0.3, 0.4) is 0 Å². The summed E-state index contributed by atoms with van der Waals surface area (Å²) in [6, 6.07) is 4.91. The summed E-state index contributed by atoms with van der Waals surface area (Å²) in [7, 11) is 0. The van der Waals surface area contributed by atoms with Crippen LogP contribution in [0.1, 0.15) is 49.5 Å². The number of aryl methyl sites for hydroxylation is 1. The van der Waals surface area contributed by atoms with Crippen LogP contribution in [0.15, 0.2) is 18.2 Å². The molecule has 0 aliphatic rings. The maximum Gasteiger partial charge on any atom is 0.336 e. The van der Waals surface area contributed by atoms with Gasteiger partial charge in [-0.1, -0.05) is 26.8 Å². The van der Waals surface area contributed by atoms with Gasteiger partial charge in [-0.25, -0.2) is 4.79 Å². The van der Waals surface area contributed by atoms with E-state index < -0.39 is 5.97 Å². The van der Waals surface area contributed by atoms with Crippen LogP contribution in [-0.4, -0.2) is 17.0 Å². The van der Waals surface area contributed by atoms with Gasteiger partial charge < -0.3 is 10.4 Å². The Balaban J connectivity index is 2.70. The second kappa shape index (κ2) is 5.87. The molecule has 0 radical (unpaired) electrons. The molecule has 19 heavy (non-hydrogen) atoms. The highest BCUT2D eigenvalue weighted by molar-refractivity contribution is 5.94. The molecule has 0 atom stereocenters. The largest absolute Gasteiger partial charge is 0.478 e. The molecular weight excluding hydrogens is 242 g/mol. The first kappa shape index (κ1) is 15.2. The molecule has 1 rings (SSSR count). The fraction of sp³-hybridized carbons (Fsp3) is 0.467. The summed E-state index contributed by atoms with van der Waals surface area (Å²) in [5.74, 6) is -1.07. The normalized spacial score (nSPS) is 11.2. The number of carbonyl (C=O) groups is 2. The quantitative estimate of drug-likeness (QED) is 0.874. The van der Waals surface area contributed by atoms with Crippen LogP contribution >= 0.6 is 0 Å². The van der Waals surface area contributed by atoms with Crippen molar-refractivity contribution in [1.29, 1.82) is 0 Å². The molecule has 0 aromatic heterocycles. The van der Waals surface area contributed by atoms with Crippen molar-refractivity contribution < 1.29 is 14.7 Å². The first-order valence-corrected chi connectivity index (χ1v) is 6.33. The summed E-state index contributed by atoms with van der Waals surface area (Å²) in [6.07, 6.45) is 1.22. The fourth-order valence-corrected chi connectivity index (χ4v) is 1.64. The van der Waals surface area contributed by atoms with Crippen LogP contribution in [0.5, 0.6) is 0 Å². The third-order valence-corrected chi connectivity index (χ3v) is 2.85. The number of aromatic carboxylic acids is 1. The molecule has 1 amide bonds. The molecule has 4 nitrogen and oxygen atoms in total. The predicted molar refractivity (Wildman–Crippen MR) is 75.5 cm³/mol. The van der Waals surface area contributed by atoms with Gasteiger partial charge in [0, 0.05) is 12.1 Å². The Hall–Kier alpha value is -1.84. The molecule has 0 fully saturated rings. The number of hydrogen-bond donors (Lipinski definition) is 2. The summed E-state index contributed by atoms with van der Waals surface area (Å²) in [5, 5.41) is 11.8. The van der Waals surface area contributed by atoms with Gasteiger partial charge in [0.1, 0.15) is 0 Å². The van der Waals surface area contributed by atoms with Crippen molar-refractivity contribution in [3.8, 4) is 0 Å². The summed E-state index contributed by atoms with van der Waals surface area (Å²) in [6.45, 7) is 7.97. The smallest absolute Gasteiger partial charge is 0.336 e. The fourth-order valence-electron chi connectivity index (χ4n) is 1.64. The Labute approximate surface area is 113 Å². The van der Waals surface area contributed by atoms with E-state index in [4.69, 9.17) is 5.11 Å². The monoisotopic (exact) mass is 263 g/mol. The number of rotatable bonds is 4. The average Bonchev–Trinajstić information content (AvgIpc) is 2.28. The third-order valence-electron chi connectivity index (χ3n) is 2.85. The minimum atomic E-state index is -0.983. The molecule has 0 aliphatic carbocycles. The third kappa shape index (κ3) is 5.12. The summed E-state index contributed by atoms with van der Waals surface area (Å²) < 4.78 is 0. The van der Waals surface area contributed by atoms with E-state index >= 15 is 0 Å². The second-order valence-corrected chi connectivity index (χ2v) is 5.94. The Morgan fingerprint density at radius 2 is 1.89 bits per heavy atom. The molecule has 1 aromatic rings. The van der Waals surface area contributed by atoms with Crippen LogP contribution < -0.4 is 5.32 Å². The van der Waals surface area contributed by atoms with Crippen molar-refractivity contribution in [3.63, 3.8) is 0 Å². The Morgan fingerprint density at radius 1 is 1.26 bits per heavy atom. The van der Waals surface area contributed by atoms with Gasteiger partial charge in [-0.15, -0.1) is 0 Å². The number of amides is 1. The molecule has 1 aromatic carbocycles. The maximum absolute atomic E-state index is 11.8. The zero-order valence-electron chi connectivity index (χ0n) is 11.9. The van der Waals surface area contributed by atoms with Gasteiger partial charge in [-0.3, -0.25) is 4.79 Å². The molecule has 0 unspecified atom stereocenters. The van der Waals surface area contributed by atoms with Crippen LogP contribution in [0.2, 0.25) is 0 Å². The molecule has 2 N–H and O–H groups in total. The lowest BCUT2D eigenvalue weighted by molar-refractivity contribution is -0.116. The summed E-state index contributed by atoms with van der Waals surface area (Å²) in [5.41, 5.74) is 1.53. The zero-order chi connectivity index (χ0) is 14.6. The van der Waals surface area contributed by atoms with Crippen molar-refractivity contribution in [2.24, 2.45) is 5.41 Å². The van der Waals surface area contributed by atoms with Gasteiger partial charge in [-0.05, 0) is 36.5 Å². The molecule has 0 heterocycles. The van der Waals surface area contributed by atoms with E-state index in [1.165, 1.54) is 6.07 Å². The molecule has 0 saturated carbocycles. The zero-order valence-corrected chi connectivity index (χ0v) is 11.9. The molecular formula is C15H21NO3. The lowest BCUT2D eigenvalue weighted by Crippen LogP contribution is -2.16. The highest BCUT2D eigenvalue weighted by Crippen LogP contribution is 2.21. The van der Waals surface area contributed by atoms with Crippen molar-refractivity contribution in [3.05, 3.63) is 29.3 Å². The molecule has 104 valence electrons. The number of carboxylic acid groups (broad SMARTS) is 1. The van der Waals surface area contributed by atoms with Gasteiger partial charge in [-0.2, -0.15) is 0 Å². The topological polar surface area (TPSA) is 66.4 Å². The van der Waals surface area contributed by atoms with Gasteiger partial charge in [0.15, 0.2) is 0 Å². The Morgan fingerprint density at radius 3 is 2.42 bits per heavy atom. The number of nitrogens with one attached hydrogen (secondary N) is 1. The SMILES string of the molecule is Cc1ccc(NC(=O)CCC(C)(C)C)cc1C(=O)O. The molecule has 0 spiro atoms. The van der Waals surface area contributed by atoms with E-state index in [0.29, 0.717) is 17.7 Å². The van der Waals surface area contributed by atoms with Crippen molar-refractivity contribution in [1.82, 2.24) is 0 Å². The summed E-state index contributed by atoms with van der Waals surface area (Å²) >= 11 is 0. The number of anilines is 1. The number of carbonyl (C=O) groups excluding carboxylic acids is 1. The van der Waals surface area contributed by atoms with Crippen molar-refractivity contribution in [2.45, 2.75) is 40.5 Å². The highest BCUT2D eigenvalue weighted by Gasteiger charge is 2.14. The van der Waals surface area contributed by atoms with Crippen molar-refractivity contribution in [2.75, 3.05) is 5.32 Å². The van der Waals surface area contributed by atoms with E-state index in [1.807, 2.05) is 0 Å². The average molecular weight is 263 g/mol. The highest BCUT2D eigenvalue weighted by atomic mass is 16.4. The van der Waals surface area contributed by atoms with E-state index in [2.05, 4.69) is 26.1 Å². The molecule has 4 heteroatoms. The first-order valence-electron chi connectivity index (χ1n) is 6.33. The van der Waals surface area contributed by atoms with Gasteiger partial charge in [0.05, 0.1) is 5.56 Å². The summed E-state index contributed by atoms with van der Waals surface area (Å²) in [4.78, 5) is 22.8. The van der Waals surface area contributed by atoms with E-state index in [9.17, 15) is 9.59 Å². The number of carboxylic acids is 1. The molecule has 0 bridgehead atoms. The number of hydrogen-bond acceptors (Lipinski definition) is 2. The van der Waals surface area contributed by atoms with Crippen LogP contribution in [-0.2, 0) is 4.79 Å². The van der Waals surface area contributed by atoms with E-state index in [0.717, 1.165) is 6.42 Å². The van der Waals surface area contributed by atoms with Gasteiger partial charge in [0.25, 0.3) is 0 Å². The van der Waals surface area contributed by atoms with Crippen LogP contribution in [0, 0.1) is 12.3 Å². The minimum Gasteiger partial charge on any atom is -0.478 e. The lowest BCUT2D eigenvalue weighted by atomic mass is 9.90. The minimum absolute atomic E-state index is 0.0879. The predicted octanol–water partition coefficient (Wildman–Crippen LogP) is 3.46. The Kier molecular flexibility index (Phi) is 4.70. The van der Waals surface area contributed by atoms with E-state index in [1.54, 1.807) is 19.1 Å². The second-order valence-electron chi connectivity index (χ2n) is 5.94. The standard InChI is InChI=1S/C15H21NO3/c1-10-5-6-11(9-12(10)14(18)19)16-13(17)7-8-15(2,3)4/h5-6,9H,7-8H2,1-4H3,(H,16,17)(H,18,19).